The number of aryl methyl sites for hydroxylation is 2. The minimum absolute atomic E-state index is 0.0772. The van der Waals surface area contributed by atoms with E-state index in [9.17, 15) is 4.79 Å². The van der Waals surface area contributed by atoms with Crippen molar-refractivity contribution in [2.24, 2.45) is 0 Å². The summed E-state index contributed by atoms with van der Waals surface area (Å²) < 4.78 is 6.38. The summed E-state index contributed by atoms with van der Waals surface area (Å²) in [6.45, 7) is 14.0. The summed E-state index contributed by atoms with van der Waals surface area (Å²) in [4.78, 5) is 12.0. The van der Waals surface area contributed by atoms with E-state index in [1.165, 1.54) is 22.3 Å². The third-order valence-corrected chi connectivity index (χ3v) is 5.74. The van der Waals surface area contributed by atoms with Gasteiger partial charge in [0.25, 0.3) is 0 Å². The lowest BCUT2D eigenvalue weighted by Gasteiger charge is -2.38. The van der Waals surface area contributed by atoms with Gasteiger partial charge in [0, 0.05) is 17.5 Å². The van der Waals surface area contributed by atoms with Gasteiger partial charge in [-0.1, -0.05) is 26.0 Å². The fraction of sp³-hybridized carbons (Fsp3) is 0.571. The van der Waals surface area contributed by atoms with Crippen molar-refractivity contribution in [3.63, 3.8) is 0 Å². The SMILES string of the molecule is CCNC(C)(C)c1c(C)cc(C)c2c1C1(CC)C=CC(=O)CC1O2. The predicted octanol–water partition coefficient (Wildman–Crippen LogP) is 4.09. The summed E-state index contributed by atoms with van der Waals surface area (Å²) in [6.07, 6.45) is 5.21. The molecule has 2 unspecified atom stereocenters. The highest BCUT2D eigenvalue weighted by atomic mass is 16.5. The van der Waals surface area contributed by atoms with Crippen LogP contribution in [0.5, 0.6) is 5.75 Å². The molecule has 0 saturated heterocycles. The highest BCUT2D eigenvalue weighted by Crippen LogP contribution is 2.54. The number of fused-ring (bicyclic) bond motifs is 3. The number of benzene rings is 1. The molecule has 2 atom stereocenters. The van der Waals surface area contributed by atoms with Crippen LogP contribution in [0.1, 0.15) is 62.8 Å². The Kier molecular flexibility index (Phi) is 4.11. The maximum atomic E-state index is 12.0. The lowest BCUT2D eigenvalue weighted by molar-refractivity contribution is -0.117. The molecule has 1 aromatic carbocycles. The second-order valence-electron chi connectivity index (χ2n) is 7.75. The topological polar surface area (TPSA) is 38.3 Å². The van der Waals surface area contributed by atoms with Gasteiger partial charge >= 0.3 is 0 Å². The molecule has 0 fully saturated rings. The Balaban J connectivity index is 2.32. The standard InChI is InChI=1S/C21H29NO2/c1-7-21-10-9-15(23)12-16(21)24-19-14(4)11-13(3)17(18(19)21)20(5,6)22-8-2/h9-11,16,22H,7-8,12H2,1-6H3. The van der Waals surface area contributed by atoms with Crippen molar-refractivity contribution in [1.82, 2.24) is 5.32 Å². The Hall–Kier alpha value is -1.61. The van der Waals surface area contributed by atoms with Crippen LogP contribution in [0.15, 0.2) is 18.2 Å². The van der Waals surface area contributed by atoms with Crippen LogP contribution in [0.2, 0.25) is 0 Å². The van der Waals surface area contributed by atoms with Gasteiger partial charge in [-0.15, -0.1) is 0 Å². The molecule has 1 aliphatic carbocycles. The first-order valence-corrected chi connectivity index (χ1v) is 9.05. The number of ether oxygens (including phenoxy) is 1. The van der Waals surface area contributed by atoms with E-state index < -0.39 is 0 Å². The Morgan fingerprint density at radius 3 is 2.62 bits per heavy atom. The minimum atomic E-state index is -0.192. The van der Waals surface area contributed by atoms with Crippen molar-refractivity contribution in [1.29, 1.82) is 0 Å². The zero-order chi connectivity index (χ0) is 17.7. The van der Waals surface area contributed by atoms with Gasteiger partial charge in [0.15, 0.2) is 5.78 Å². The van der Waals surface area contributed by atoms with E-state index in [-0.39, 0.29) is 22.8 Å². The lowest BCUT2D eigenvalue weighted by atomic mass is 9.66. The average molecular weight is 327 g/mol. The Morgan fingerprint density at radius 2 is 2.00 bits per heavy atom. The monoisotopic (exact) mass is 327 g/mol. The molecule has 0 radical (unpaired) electrons. The summed E-state index contributed by atoms with van der Waals surface area (Å²) in [6, 6.07) is 2.22. The molecular weight excluding hydrogens is 298 g/mol. The molecule has 0 saturated carbocycles. The number of ketones is 1. The van der Waals surface area contributed by atoms with E-state index in [0.29, 0.717) is 6.42 Å². The van der Waals surface area contributed by atoms with Crippen molar-refractivity contribution in [3.05, 3.63) is 40.5 Å². The van der Waals surface area contributed by atoms with Gasteiger partial charge in [-0.2, -0.15) is 0 Å². The van der Waals surface area contributed by atoms with E-state index in [2.05, 4.69) is 59.0 Å². The van der Waals surface area contributed by atoms with Crippen LogP contribution in [-0.2, 0) is 15.7 Å². The van der Waals surface area contributed by atoms with Gasteiger partial charge in [0.2, 0.25) is 0 Å². The quantitative estimate of drug-likeness (QED) is 0.905. The van der Waals surface area contributed by atoms with Crippen LogP contribution in [-0.4, -0.2) is 18.4 Å². The third kappa shape index (κ3) is 2.33. The highest BCUT2D eigenvalue weighted by Gasteiger charge is 2.51. The Morgan fingerprint density at radius 1 is 1.29 bits per heavy atom. The van der Waals surface area contributed by atoms with Gasteiger partial charge in [0.1, 0.15) is 11.9 Å². The number of hydrogen-bond acceptors (Lipinski definition) is 3. The molecular formula is C21H29NO2. The summed E-state index contributed by atoms with van der Waals surface area (Å²) in [5, 5.41) is 3.63. The van der Waals surface area contributed by atoms with E-state index in [1.807, 2.05) is 0 Å². The van der Waals surface area contributed by atoms with E-state index >= 15 is 0 Å². The number of allylic oxidation sites excluding steroid dienone is 1. The number of hydrogen-bond donors (Lipinski definition) is 1. The second kappa shape index (κ2) is 5.73. The zero-order valence-electron chi connectivity index (χ0n) is 15.7. The van der Waals surface area contributed by atoms with Crippen molar-refractivity contribution in [2.75, 3.05) is 6.54 Å². The van der Waals surface area contributed by atoms with Gasteiger partial charge < -0.3 is 10.1 Å². The molecule has 3 nitrogen and oxygen atoms in total. The van der Waals surface area contributed by atoms with Crippen LogP contribution < -0.4 is 10.1 Å². The Labute approximate surface area is 145 Å². The zero-order valence-corrected chi connectivity index (χ0v) is 15.7. The first-order chi connectivity index (χ1) is 11.3. The smallest absolute Gasteiger partial charge is 0.159 e. The van der Waals surface area contributed by atoms with Crippen molar-refractivity contribution in [2.45, 2.75) is 71.4 Å². The van der Waals surface area contributed by atoms with E-state index in [0.717, 1.165) is 18.7 Å². The normalized spacial score (nSPS) is 25.4. The lowest BCUT2D eigenvalue weighted by Crippen LogP contribution is -2.43. The van der Waals surface area contributed by atoms with Crippen molar-refractivity contribution < 1.29 is 9.53 Å². The van der Waals surface area contributed by atoms with E-state index in [1.54, 1.807) is 6.08 Å². The van der Waals surface area contributed by atoms with Gasteiger partial charge in [-0.25, -0.2) is 0 Å². The van der Waals surface area contributed by atoms with Crippen LogP contribution in [0.25, 0.3) is 0 Å². The number of nitrogens with one attached hydrogen (secondary N) is 1. The summed E-state index contributed by atoms with van der Waals surface area (Å²) >= 11 is 0. The molecule has 3 rings (SSSR count). The van der Waals surface area contributed by atoms with Crippen molar-refractivity contribution >= 4 is 5.78 Å². The molecule has 0 bridgehead atoms. The van der Waals surface area contributed by atoms with Crippen LogP contribution in [0, 0.1) is 13.8 Å². The minimum Gasteiger partial charge on any atom is -0.488 e. The summed E-state index contributed by atoms with van der Waals surface area (Å²) in [5.41, 5.74) is 4.74. The molecule has 3 heteroatoms. The first kappa shape index (κ1) is 17.2. The Bertz CT molecular complexity index is 717. The fourth-order valence-corrected chi connectivity index (χ4v) is 4.74. The van der Waals surface area contributed by atoms with E-state index in [4.69, 9.17) is 4.74 Å². The predicted molar refractivity (Wildman–Crippen MR) is 97.8 cm³/mol. The summed E-state index contributed by atoms with van der Waals surface area (Å²) in [7, 11) is 0. The van der Waals surface area contributed by atoms with Crippen LogP contribution >= 0.6 is 0 Å². The van der Waals surface area contributed by atoms with Crippen LogP contribution in [0.3, 0.4) is 0 Å². The van der Waals surface area contributed by atoms with Gasteiger partial charge in [0.05, 0.1) is 5.41 Å². The third-order valence-electron chi connectivity index (χ3n) is 5.74. The second-order valence-corrected chi connectivity index (χ2v) is 7.75. The fourth-order valence-electron chi connectivity index (χ4n) is 4.74. The first-order valence-electron chi connectivity index (χ1n) is 9.05. The molecule has 1 heterocycles. The van der Waals surface area contributed by atoms with Crippen molar-refractivity contribution in [3.8, 4) is 5.75 Å². The molecule has 0 aromatic heterocycles. The molecule has 24 heavy (non-hydrogen) atoms. The molecule has 2 aliphatic rings. The molecule has 1 aliphatic heterocycles. The number of rotatable bonds is 4. The maximum absolute atomic E-state index is 12.0. The molecule has 130 valence electrons. The highest BCUT2D eigenvalue weighted by molar-refractivity contribution is 5.92. The molecule has 1 aromatic rings. The molecule has 1 N–H and O–H groups in total. The van der Waals surface area contributed by atoms with Gasteiger partial charge in [-0.05, 0) is 63.4 Å². The number of carbonyl (C=O) groups is 1. The van der Waals surface area contributed by atoms with Crippen LogP contribution in [0.4, 0.5) is 0 Å². The average Bonchev–Trinajstić information content (AvgIpc) is 2.82. The molecule has 0 amide bonds. The van der Waals surface area contributed by atoms with Gasteiger partial charge in [-0.3, -0.25) is 4.79 Å². The number of carbonyl (C=O) groups excluding carboxylic acids is 1. The maximum Gasteiger partial charge on any atom is 0.159 e. The largest absolute Gasteiger partial charge is 0.488 e. The molecule has 0 spiro atoms. The summed E-state index contributed by atoms with van der Waals surface area (Å²) in [5.74, 6) is 1.16.